The Hall–Kier alpha value is -0.120. The Balaban J connectivity index is 3.68. The average molecular weight is 146 g/mol. The highest BCUT2D eigenvalue weighted by molar-refractivity contribution is 4.60. The van der Waals surface area contributed by atoms with Crippen LogP contribution in [0, 0.1) is 5.21 Å². The highest BCUT2D eigenvalue weighted by Crippen LogP contribution is 2.10. The summed E-state index contributed by atoms with van der Waals surface area (Å²) in [5, 5.41) is 11.5. The summed E-state index contributed by atoms with van der Waals surface area (Å²) in [4.78, 5) is 4.98. The van der Waals surface area contributed by atoms with E-state index in [2.05, 4.69) is 0 Å². The molecule has 0 bridgehead atoms. The van der Waals surface area contributed by atoms with Crippen LogP contribution in [0.2, 0.25) is 0 Å². The van der Waals surface area contributed by atoms with Crippen molar-refractivity contribution in [2.75, 3.05) is 0 Å². The van der Waals surface area contributed by atoms with Crippen molar-refractivity contribution in [2.45, 2.75) is 46.3 Å². The zero-order valence-corrected chi connectivity index (χ0v) is 7.34. The van der Waals surface area contributed by atoms with Gasteiger partial charge in [-0.25, -0.2) is 0 Å². The van der Waals surface area contributed by atoms with Crippen molar-refractivity contribution >= 4 is 0 Å². The molecule has 0 unspecified atom stereocenters. The lowest BCUT2D eigenvalue weighted by Crippen LogP contribution is -2.34. The minimum Gasteiger partial charge on any atom is -0.762 e. The Morgan fingerprint density at radius 2 is 1.70 bits per heavy atom. The Labute approximate surface area is 62.5 Å². The minimum absolute atomic E-state index is 0.112. The number of hydrogen-bond acceptors (Lipinski definition) is 3. The maximum atomic E-state index is 10.9. The summed E-state index contributed by atoms with van der Waals surface area (Å²) in [6, 6.07) is -0.112. The van der Waals surface area contributed by atoms with E-state index in [4.69, 9.17) is 4.84 Å². The van der Waals surface area contributed by atoms with Crippen LogP contribution >= 0.6 is 0 Å². The van der Waals surface area contributed by atoms with Gasteiger partial charge in [0, 0.05) is 6.04 Å². The average Bonchev–Trinajstić information content (AvgIpc) is 1.60. The van der Waals surface area contributed by atoms with Crippen molar-refractivity contribution < 1.29 is 4.84 Å². The fourth-order valence-electron chi connectivity index (χ4n) is 0.375. The van der Waals surface area contributed by atoms with Crippen molar-refractivity contribution in [1.82, 2.24) is 5.23 Å². The van der Waals surface area contributed by atoms with E-state index in [1.54, 1.807) is 13.8 Å². The molecule has 0 N–H and O–H groups in total. The quantitative estimate of drug-likeness (QED) is 0.558. The van der Waals surface area contributed by atoms with E-state index in [-0.39, 0.29) is 11.6 Å². The Morgan fingerprint density at radius 1 is 1.30 bits per heavy atom. The molecule has 0 saturated heterocycles. The predicted octanol–water partition coefficient (Wildman–Crippen LogP) is 1.92. The van der Waals surface area contributed by atoms with Crippen LogP contribution in [0.15, 0.2) is 0 Å². The molecule has 0 aliphatic rings. The largest absolute Gasteiger partial charge is 0.762 e. The molecule has 0 rings (SSSR count). The van der Waals surface area contributed by atoms with Crippen LogP contribution in [0.25, 0.3) is 0 Å². The van der Waals surface area contributed by atoms with Crippen molar-refractivity contribution in [3.8, 4) is 0 Å². The van der Waals surface area contributed by atoms with E-state index >= 15 is 0 Å². The fourth-order valence-corrected chi connectivity index (χ4v) is 0.375. The molecule has 0 saturated carbocycles. The van der Waals surface area contributed by atoms with Gasteiger partial charge < -0.3 is 10.0 Å². The van der Waals surface area contributed by atoms with Gasteiger partial charge in [0.15, 0.2) is 0 Å². The molecule has 0 fully saturated rings. The van der Waals surface area contributed by atoms with Gasteiger partial charge >= 0.3 is 0 Å². The third-order valence-electron chi connectivity index (χ3n) is 0.785. The van der Waals surface area contributed by atoms with E-state index in [0.717, 1.165) is 0 Å². The second-order valence-electron chi connectivity index (χ2n) is 3.58. The summed E-state index contributed by atoms with van der Waals surface area (Å²) >= 11 is 0. The lowest BCUT2D eigenvalue weighted by molar-refractivity contribution is -0.213. The van der Waals surface area contributed by atoms with E-state index in [1.165, 1.54) is 0 Å². The predicted molar refractivity (Wildman–Crippen MR) is 41.2 cm³/mol. The highest BCUT2D eigenvalue weighted by Gasteiger charge is 2.12. The van der Waals surface area contributed by atoms with Gasteiger partial charge in [-0.15, -0.1) is 0 Å². The molecule has 3 nitrogen and oxygen atoms in total. The summed E-state index contributed by atoms with van der Waals surface area (Å²) in [5.41, 5.74) is -0.383. The first-order valence-corrected chi connectivity index (χ1v) is 3.48. The summed E-state index contributed by atoms with van der Waals surface area (Å²) in [6.45, 7) is 9.12. The van der Waals surface area contributed by atoms with Crippen molar-refractivity contribution in [2.24, 2.45) is 0 Å². The van der Waals surface area contributed by atoms with Gasteiger partial charge in [0.05, 0.1) is 5.60 Å². The van der Waals surface area contributed by atoms with Crippen LogP contribution in [0.3, 0.4) is 0 Å². The zero-order valence-electron chi connectivity index (χ0n) is 7.34. The Bertz CT molecular complexity index is 96.3. The van der Waals surface area contributed by atoms with Crippen molar-refractivity contribution in [1.29, 1.82) is 0 Å². The van der Waals surface area contributed by atoms with Gasteiger partial charge in [-0.3, -0.25) is 5.23 Å². The fraction of sp³-hybridized carbons (Fsp3) is 1.00. The van der Waals surface area contributed by atoms with Gasteiger partial charge in [-0.1, -0.05) is 0 Å². The molecule has 0 radical (unpaired) electrons. The van der Waals surface area contributed by atoms with E-state index in [1.807, 2.05) is 20.8 Å². The van der Waals surface area contributed by atoms with E-state index in [0.29, 0.717) is 5.23 Å². The van der Waals surface area contributed by atoms with Gasteiger partial charge in [-0.05, 0) is 34.6 Å². The zero-order chi connectivity index (χ0) is 8.36. The molecule has 0 aromatic carbocycles. The molecule has 3 heteroatoms. The molecule has 0 aromatic heterocycles. The summed E-state index contributed by atoms with van der Waals surface area (Å²) in [6.07, 6.45) is 0. The van der Waals surface area contributed by atoms with Crippen molar-refractivity contribution in [3.63, 3.8) is 0 Å². The normalized spacial score (nSPS) is 13.2. The Morgan fingerprint density at radius 3 is 1.80 bits per heavy atom. The number of nitrogens with zero attached hydrogens (tertiary/aromatic N) is 1. The van der Waals surface area contributed by atoms with Gasteiger partial charge in [0.25, 0.3) is 0 Å². The number of hydroxylamine groups is 2. The smallest absolute Gasteiger partial charge is 0.0804 e. The molecular weight excluding hydrogens is 130 g/mol. The molecule has 0 aromatic rings. The van der Waals surface area contributed by atoms with Gasteiger partial charge in [0.1, 0.15) is 0 Å². The maximum Gasteiger partial charge on any atom is 0.0804 e. The van der Waals surface area contributed by atoms with Crippen LogP contribution < -0.4 is 0 Å². The second kappa shape index (κ2) is 3.32. The third kappa shape index (κ3) is 4.73. The first kappa shape index (κ1) is 9.88. The molecule has 0 spiro atoms. The summed E-state index contributed by atoms with van der Waals surface area (Å²) in [5.74, 6) is 0. The highest BCUT2D eigenvalue weighted by atomic mass is 16.9. The molecule has 0 aliphatic heterocycles. The maximum absolute atomic E-state index is 10.9. The first-order chi connectivity index (χ1) is 4.33. The molecule has 62 valence electrons. The van der Waals surface area contributed by atoms with Crippen LogP contribution in [-0.2, 0) is 4.84 Å². The summed E-state index contributed by atoms with van der Waals surface area (Å²) < 4.78 is 0. The van der Waals surface area contributed by atoms with Gasteiger partial charge in [-0.2, -0.15) is 0 Å². The van der Waals surface area contributed by atoms with Gasteiger partial charge in [0.2, 0.25) is 0 Å². The van der Waals surface area contributed by atoms with Crippen LogP contribution in [0.4, 0.5) is 0 Å². The Kier molecular flexibility index (Phi) is 3.28. The minimum atomic E-state index is -0.383. The van der Waals surface area contributed by atoms with Crippen molar-refractivity contribution in [3.05, 3.63) is 5.21 Å². The molecule has 0 aliphatic carbocycles. The van der Waals surface area contributed by atoms with Crippen LogP contribution in [0.5, 0.6) is 0 Å². The van der Waals surface area contributed by atoms with E-state index < -0.39 is 0 Å². The number of hydrogen-bond donors (Lipinski definition) is 0. The molecular formula is C7H16NO2-. The SMILES string of the molecule is CC(C)N([O-])OC(C)(C)C. The topological polar surface area (TPSA) is 35.5 Å². The van der Waals surface area contributed by atoms with E-state index in [9.17, 15) is 5.21 Å². The second-order valence-corrected chi connectivity index (χ2v) is 3.58. The summed E-state index contributed by atoms with van der Waals surface area (Å²) in [7, 11) is 0. The van der Waals surface area contributed by atoms with Crippen LogP contribution in [-0.4, -0.2) is 16.9 Å². The third-order valence-corrected chi connectivity index (χ3v) is 0.785. The molecule has 0 atom stereocenters. The van der Waals surface area contributed by atoms with Crippen LogP contribution in [0.1, 0.15) is 34.6 Å². The lowest BCUT2D eigenvalue weighted by atomic mass is 10.2. The lowest BCUT2D eigenvalue weighted by Gasteiger charge is -2.37. The standard InChI is InChI=1S/C7H16NO2/c1-6(2)8(9)10-7(3,4)5/h6H,1-5H3/q-1. The first-order valence-electron chi connectivity index (χ1n) is 3.48. The molecule has 0 amide bonds. The number of rotatable bonds is 2. The monoisotopic (exact) mass is 146 g/mol. The molecule has 0 heterocycles. The molecule has 10 heavy (non-hydrogen) atoms.